The fourth-order valence-corrected chi connectivity index (χ4v) is 3.42. The number of aryl methyl sites for hydroxylation is 2. The number of hydrogen-bond acceptors (Lipinski definition) is 6. The molecule has 2 aromatic carbocycles. The highest BCUT2D eigenvalue weighted by Crippen LogP contribution is 2.28. The Labute approximate surface area is 164 Å². The monoisotopic (exact) mass is 386 g/mol. The van der Waals surface area contributed by atoms with Crippen LogP contribution in [0.2, 0.25) is 0 Å². The Balaban J connectivity index is 2.24. The van der Waals surface area contributed by atoms with Gasteiger partial charge in [-0.05, 0) is 63.1 Å². The number of nitrogens with two attached hydrogens (primary N) is 2. The third-order valence-corrected chi connectivity index (χ3v) is 5.08. The molecule has 27 heavy (non-hydrogen) atoms. The molecule has 0 fully saturated rings. The SMILES string of the molecule is CCOc1ccc(C(C)=O)cc1CS/C(=N/N)N(N)c1cc(C)ccc1C. The Morgan fingerprint density at radius 2 is 1.96 bits per heavy atom. The lowest BCUT2D eigenvalue weighted by molar-refractivity contribution is 0.101. The fraction of sp³-hybridized carbons (Fsp3) is 0.300. The van der Waals surface area contributed by atoms with Crippen molar-refractivity contribution in [1.82, 2.24) is 0 Å². The molecule has 0 aliphatic rings. The maximum atomic E-state index is 11.7. The number of carbonyl (C=O) groups is 1. The van der Waals surface area contributed by atoms with E-state index in [0.29, 0.717) is 23.1 Å². The summed E-state index contributed by atoms with van der Waals surface area (Å²) in [7, 11) is 0. The van der Waals surface area contributed by atoms with Gasteiger partial charge in [-0.2, -0.15) is 5.10 Å². The van der Waals surface area contributed by atoms with Crippen molar-refractivity contribution in [2.45, 2.75) is 33.4 Å². The summed E-state index contributed by atoms with van der Waals surface area (Å²) >= 11 is 1.39. The Bertz CT molecular complexity index is 852. The molecule has 0 atom stereocenters. The van der Waals surface area contributed by atoms with E-state index in [2.05, 4.69) is 5.10 Å². The molecule has 2 rings (SSSR count). The van der Waals surface area contributed by atoms with Crippen LogP contribution in [-0.2, 0) is 5.75 Å². The van der Waals surface area contributed by atoms with Crippen molar-refractivity contribution in [2.24, 2.45) is 16.8 Å². The highest BCUT2D eigenvalue weighted by molar-refractivity contribution is 8.13. The minimum absolute atomic E-state index is 0.00727. The number of hydrogen-bond donors (Lipinski definition) is 2. The molecule has 0 amide bonds. The van der Waals surface area contributed by atoms with E-state index < -0.39 is 0 Å². The van der Waals surface area contributed by atoms with Crippen LogP contribution < -0.4 is 21.4 Å². The molecule has 0 saturated heterocycles. The average Bonchev–Trinajstić information content (AvgIpc) is 2.65. The predicted octanol–water partition coefficient (Wildman–Crippen LogP) is 3.75. The minimum atomic E-state index is 0.00727. The van der Waals surface area contributed by atoms with E-state index in [4.69, 9.17) is 16.4 Å². The van der Waals surface area contributed by atoms with E-state index in [-0.39, 0.29) is 5.78 Å². The standard InChI is InChI=1S/C20H26N4O2S/c1-5-26-19-9-8-16(15(4)25)11-17(19)12-27-20(23-21)24(22)18-10-13(2)6-7-14(18)3/h6-11H,5,12,21-22H2,1-4H3/b23-20+. The molecule has 7 heteroatoms. The van der Waals surface area contributed by atoms with Gasteiger partial charge in [0.05, 0.1) is 12.3 Å². The van der Waals surface area contributed by atoms with Gasteiger partial charge >= 0.3 is 0 Å². The zero-order chi connectivity index (χ0) is 20.0. The van der Waals surface area contributed by atoms with Gasteiger partial charge in [0.15, 0.2) is 5.78 Å². The average molecular weight is 387 g/mol. The van der Waals surface area contributed by atoms with Crippen molar-refractivity contribution in [2.75, 3.05) is 11.6 Å². The number of hydrazone groups is 1. The van der Waals surface area contributed by atoms with Crippen molar-refractivity contribution in [1.29, 1.82) is 0 Å². The van der Waals surface area contributed by atoms with Gasteiger partial charge in [-0.25, -0.2) is 5.84 Å². The Morgan fingerprint density at radius 3 is 2.59 bits per heavy atom. The van der Waals surface area contributed by atoms with E-state index in [1.807, 2.05) is 51.1 Å². The zero-order valence-electron chi connectivity index (χ0n) is 16.2. The predicted molar refractivity (Wildman–Crippen MR) is 113 cm³/mol. The molecule has 4 N–H and O–H groups in total. The lowest BCUT2D eigenvalue weighted by atomic mass is 10.1. The molecule has 144 valence electrons. The van der Waals surface area contributed by atoms with E-state index in [1.54, 1.807) is 13.0 Å². The molecule has 0 spiro atoms. The Morgan fingerprint density at radius 1 is 1.22 bits per heavy atom. The van der Waals surface area contributed by atoms with Crippen LogP contribution in [0.4, 0.5) is 5.69 Å². The lowest BCUT2D eigenvalue weighted by Crippen LogP contribution is -2.37. The molecular weight excluding hydrogens is 360 g/mol. The van der Waals surface area contributed by atoms with Crippen LogP contribution in [0.1, 0.15) is 40.9 Å². The summed E-state index contributed by atoms with van der Waals surface area (Å²) in [5.74, 6) is 13.1. The van der Waals surface area contributed by atoms with Gasteiger partial charge in [-0.15, -0.1) is 0 Å². The van der Waals surface area contributed by atoms with E-state index >= 15 is 0 Å². The van der Waals surface area contributed by atoms with Gasteiger partial charge in [-0.1, -0.05) is 23.9 Å². The quantitative estimate of drug-likeness (QED) is 0.258. The highest BCUT2D eigenvalue weighted by Gasteiger charge is 2.15. The number of amidine groups is 1. The molecule has 6 nitrogen and oxygen atoms in total. The number of ether oxygens (including phenoxy) is 1. The smallest absolute Gasteiger partial charge is 0.201 e. The second kappa shape index (κ2) is 9.43. The van der Waals surface area contributed by atoms with Crippen molar-refractivity contribution in [3.63, 3.8) is 0 Å². The first-order valence-electron chi connectivity index (χ1n) is 8.66. The van der Waals surface area contributed by atoms with E-state index in [0.717, 1.165) is 28.1 Å². The van der Waals surface area contributed by atoms with Crippen LogP contribution in [0, 0.1) is 13.8 Å². The van der Waals surface area contributed by atoms with Crippen LogP contribution in [-0.4, -0.2) is 17.6 Å². The molecule has 0 bridgehead atoms. The normalized spacial score (nSPS) is 11.4. The number of rotatable bonds is 6. The summed E-state index contributed by atoms with van der Waals surface area (Å²) in [5.41, 5.74) is 4.50. The van der Waals surface area contributed by atoms with Crippen molar-refractivity contribution in [3.05, 3.63) is 58.7 Å². The molecule has 0 aliphatic heterocycles. The molecule has 0 saturated carbocycles. The first-order chi connectivity index (χ1) is 12.9. The maximum absolute atomic E-state index is 11.7. The Hall–Kier alpha value is -2.51. The first-order valence-corrected chi connectivity index (χ1v) is 9.65. The van der Waals surface area contributed by atoms with Gasteiger partial charge in [0.25, 0.3) is 0 Å². The van der Waals surface area contributed by atoms with Crippen molar-refractivity contribution < 1.29 is 9.53 Å². The van der Waals surface area contributed by atoms with Gasteiger partial charge in [-0.3, -0.25) is 9.80 Å². The number of nitrogens with zero attached hydrogens (tertiary/aromatic N) is 2. The van der Waals surface area contributed by atoms with Crippen LogP contribution >= 0.6 is 11.8 Å². The molecule has 0 unspecified atom stereocenters. The molecule has 0 aliphatic carbocycles. The summed E-state index contributed by atoms with van der Waals surface area (Å²) in [4.78, 5) is 11.7. The summed E-state index contributed by atoms with van der Waals surface area (Å²) in [6, 6.07) is 11.5. The van der Waals surface area contributed by atoms with Crippen LogP contribution in [0.25, 0.3) is 0 Å². The van der Waals surface area contributed by atoms with E-state index in [1.165, 1.54) is 16.8 Å². The van der Waals surface area contributed by atoms with Crippen molar-refractivity contribution >= 4 is 28.4 Å². The first kappa shape index (κ1) is 20.8. The van der Waals surface area contributed by atoms with Gasteiger partial charge in [0.1, 0.15) is 5.75 Å². The summed E-state index contributed by atoms with van der Waals surface area (Å²) < 4.78 is 5.68. The number of hydrazine groups is 1. The van der Waals surface area contributed by atoms with Gasteiger partial charge in [0, 0.05) is 16.9 Å². The van der Waals surface area contributed by atoms with Gasteiger partial charge in [0.2, 0.25) is 5.17 Å². The summed E-state index contributed by atoms with van der Waals surface area (Å²) in [6.45, 7) is 7.99. The third-order valence-electron chi connectivity index (χ3n) is 4.06. The number of carbonyl (C=O) groups excluding carboxylic acids is 1. The van der Waals surface area contributed by atoms with E-state index in [9.17, 15) is 4.79 Å². The number of Topliss-reactive ketones (excluding diaryl/α,β-unsaturated/α-hetero) is 1. The zero-order valence-corrected chi connectivity index (χ0v) is 17.0. The van der Waals surface area contributed by atoms with Gasteiger partial charge < -0.3 is 10.6 Å². The summed E-state index contributed by atoms with van der Waals surface area (Å²) in [6.07, 6.45) is 0. The number of benzene rings is 2. The Kier molecular flexibility index (Phi) is 7.27. The van der Waals surface area contributed by atoms with Crippen LogP contribution in [0.3, 0.4) is 0 Å². The third kappa shape index (κ3) is 5.24. The topological polar surface area (TPSA) is 93.9 Å². The van der Waals surface area contributed by atoms with Crippen LogP contribution in [0.5, 0.6) is 5.75 Å². The second-order valence-electron chi connectivity index (χ2n) is 6.17. The maximum Gasteiger partial charge on any atom is 0.201 e. The molecule has 2 aromatic rings. The lowest BCUT2D eigenvalue weighted by Gasteiger charge is -2.22. The largest absolute Gasteiger partial charge is 0.494 e. The minimum Gasteiger partial charge on any atom is -0.494 e. The molecule has 0 radical (unpaired) electrons. The highest BCUT2D eigenvalue weighted by atomic mass is 32.2. The second-order valence-corrected chi connectivity index (χ2v) is 7.11. The number of anilines is 1. The molecule has 0 aromatic heterocycles. The number of ketones is 1. The fourth-order valence-electron chi connectivity index (χ4n) is 2.60. The van der Waals surface area contributed by atoms with Crippen molar-refractivity contribution in [3.8, 4) is 5.75 Å². The van der Waals surface area contributed by atoms with Crippen LogP contribution in [0.15, 0.2) is 41.5 Å². The summed E-state index contributed by atoms with van der Waals surface area (Å²) in [5, 5.41) is 5.82. The molecule has 0 heterocycles. The molecular formula is C20H26N4O2S. The number of thioether (sulfide) groups is 1.